The number of carbonyl (C=O) groups is 1. The van der Waals surface area contributed by atoms with E-state index < -0.39 is 0 Å². The maximum Gasteiger partial charge on any atom is 0.207 e. The molecule has 2 atom stereocenters. The molecule has 5 nitrogen and oxygen atoms in total. The fourth-order valence-electron chi connectivity index (χ4n) is 7.53. The Hall–Kier alpha value is -3.13. The van der Waals surface area contributed by atoms with E-state index in [4.69, 9.17) is 0 Å². The molecule has 2 aliphatic rings. The Morgan fingerprint density at radius 1 is 0.875 bits per heavy atom. The van der Waals surface area contributed by atoms with Gasteiger partial charge in [0.25, 0.3) is 0 Å². The summed E-state index contributed by atoms with van der Waals surface area (Å²) in [4.78, 5) is 19.9. The molecule has 2 aliphatic carbocycles. The lowest BCUT2D eigenvalue weighted by molar-refractivity contribution is -0.110. The van der Waals surface area contributed by atoms with Crippen LogP contribution >= 0.6 is 22.7 Å². The van der Waals surface area contributed by atoms with Crippen LogP contribution in [-0.2, 0) is 36.9 Å². The van der Waals surface area contributed by atoms with E-state index >= 15 is 0 Å². The van der Waals surface area contributed by atoms with E-state index in [0.29, 0.717) is 6.04 Å². The molecule has 0 radical (unpaired) electrons. The number of hydrogen-bond donors (Lipinski definition) is 1. The quantitative estimate of drug-likeness (QED) is 0.127. The van der Waals surface area contributed by atoms with E-state index in [1.807, 2.05) is 22.7 Å². The summed E-state index contributed by atoms with van der Waals surface area (Å²) in [6.45, 7) is 9.05. The van der Waals surface area contributed by atoms with Crippen molar-refractivity contribution >= 4 is 40.5 Å². The number of anilines is 2. The molecule has 2 aromatic heterocycles. The van der Waals surface area contributed by atoms with Crippen molar-refractivity contribution in [3.8, 4) is 0 Å². The topological polar surface area (TPSA) is 38.8 Å². The number of nitrogens with zero attached hydrogens (tertiary/aromatic N) is 3. The van der Waals surface area contributed by atoms with E-state index in [0.717, 1.165) is 51.6 Å². The third-order valence-corrected chi connectivity index (χ3v) is 11.7. The van der Waals surface area contributed by atoms with Gasteiger partial charge in [-0.1, -0.05) is 38.1 Å². The van der Waals surface area contributed by atoms with Crippen molar-refractivity contribution in [3.05, 3.63) is 103 Å². The molecule has 2 unspecified atom stereocenters. The van der Waals surface area contributed by atoms with Crippen LogP contribution in [0.5, 0.6) is 0 Å². The number of rotatable bonds is 15. The Bertz CT molecular complexity index is 1520. The van der Waals surface area contributed by atoms with Gasteiger partial charge in [0.15, 0.2) is 0 Å². The lowest BCUT2D eigenvalue weighted by Crippen LogP contribution is -2.41. The minimum absolute atomic E-state index is 0.173. The zero-order valence-electron chi connectivity index (χ0n) is 29.6. The molecule has 48 heavy (non-hydrogen) atoms. The first-order valence-corrected chi connectivity index (χ1v) is 20.0. The van der Waals surface area contributed by atoms with Crippen LogP contribution in [0.25, 0.3) is 0 Å². The van der Waals surface area contributed by atoms with Crippen molar-refractivity contribution in [2.24, 2.45) is 0 Å². The van der Waals surface area contributed by atoms with E-state index in [9.17, 15) is 4.79 Å². The second-order valence-corrected chi connectivity index (χ2v) is 15.4. The summed E-state index contributed by atoms with van der Waals surface area (Å²) in [5.74, 6) is 0. The van der Waals surface area contributed by atoms with Crippen LogP contribution in [0.2, 0.25) is 0 Å². The van der Waals surface area contributed by atoms with E-state index in [2.05, 4.69) is 119 Å². The molecular weight excluding hydrogens is 629 g/mol. The molecule has 0 saturated carbocycles. The molecular formula is C41H56N4OS2. The highest BCUT2D eigenvalue weighted by Crippen LogP contribution is 2.34. The van der Waals surface area contributed by atoms with Crippen LogP contribution in [0, 0.1) is 0 Å². The van der Waals surface area contributed by atoms with Gasteiger partial charge < -0.3 is 15.1 Å². The molecule has 2 aromatic carbocycles. The van der Waals surface area contributed by atoms with Crippen molar-refractivity contribution < 1.29 is 4.79 Å². The summed E-state index contributed by atoms with van der Waals surface area (Å²) in [5.41, 5.74) is 10.0. The summed E-state index contributed by atoms with van der Waals surface area (Å²) < 4.78 is 0. The molecule has 1 N–H and O–H groups in total. The second kappa shape index (κ2) is 18.6. The van der Waals surface area contributed by atoms with Crippen molar-refractivity contribution in [1.29, 1.82) is 0 Å². The van der Waals surface area contributed by atoms with Crippen molar-refractivity contribution in [2.75, 3.05) is 50.1 Å². The SMILES string of the molecule is CCCN(CCc1cccs1)c1ccc2c(c1)C(NC=O)CCC2.CCCN(CCc1ccsc1)C1CCc2cccc(N(C)C)c2C1. The average Bonchev–Trinajstić information content (AvgIpc) is 3.84. The smallest absolute Gasteiger partial charge is 0.207 e. The molecule has 0 fully saturated rings. The number of benzene rings is 2. The van der Waals surface area contributed by atoms with Crippen LogP contribution in [0.1, 0.15) is 84.7 Å². The van der Waals surface area contributed by atoms with Crippen LogP contribution in [0.3, 0.4) is 0 Å². The molecule has 0 aliphatic heterocycles. The number of aryl methyl sites for hydroxylation is 2. The maximum absolute atomic E-state index is 10.9. The Kier molecular flexibility index (Phi) is 14.0. The van der Waals surface area contributed by atoms with Crippen molar-refractivity contribution in [1.82, 2.24) is 10.2 Å². The van der Waals surface area contributed by atoms with Crippen molar-refractivity contribution in [2.45, 2.75) is 90.1 Å². The zero-order valence-corrected chi connectivity index (χ0v) is 31.3. The molecule has 0 spiro atoms. The maximum atomic E-state index is 10.9. The number of fused-ring (bicyclic) bond motifs is 2. The lowest BCUT2D eigenvalue weighted by atomic mass is 9.86. The monoisotopic (exact) mass is 684 g/mol. The predicted octanol–water partition coefficient (Wildman–Crippen LogP) is 8.96. The predicted molar refractivity (Wildman–Crippen MR) is 208 cm³/mol. The minimum Gasteiger partial charge on any atom is -0.377 e. The van der Waals surface area contributed by atoms with Gasteiger partial charge in [-0.2, -0.15) is 11.3 Å². The van der Waals surface area contributed by atoms with E-state index in [1.165, 1.54) is 78.1 Å². The molecule has 0 saturated heterocycles. The van der Waals surface area contributed by atoms with Crippen LogP contribution < -0.4 is 15.1 Å². The summed E-state index contributed by atoms with van der Waals surface area (Å²) in [5, 5.41) is 9.63. The Morgan fingerprint density at radius 3 is 2.48 bits per heavy atom. The minimum atomic E-state index is 0.173. The molecule has 0 bridgehead atoms. The molecule has 6 rings (SSSR count). The van der Waals surface area contributed by atoms with E-state index in [1.54, 1.807) is 11.1 Å². The standard InChI is InChI=1S/C21H30N2S.C20H26N2OS/c1-4-12-23(13-10-17-11-14-24-16-17)19-9-8-18-6-5-7-21(22(2)3)20(18)15-19;1-2-11-22(12-10-18-6-4-13-24-18)17-9-8-16-5-3-7-20(21-15-23)19(16)14-17/h5-7,11,14,16,19H,4,8-10,12-13,15H2,1-3H3;4,6,8-9,13-15,20H,2-3,5,7,10-12H2,1H3,(H,21,23). The summed E-state index contributed by atoms with van der Waals surface area (Å²) in [6, 6.07) is 21.1. The van der Waals surface area contributed by atoms with Crippen molar-refractivity contribution in [3.63, 3.8) is 0 Å². The fraction of sp³-hybridized carbons (Fsp3) is 0.488. The highest BCUT2D eigenvalue weighted by Gasteiger charge is 2.26. The zero-order chi connectivity index (χ0) is 33.7. The van der Waals surface area contributed by atoms with E-state index in [-0.39, 0.29) is 6.04 Å². The molecule has 4 aromatic rings. The fourth-order valence-corrected chi connectivity index (χ4v) is 8.93. The second-order valence-electron chi connectivity index (χ2n) is 13.6. The van der Waals surface area contributed by atoms with Gasteiger partial charge in [-0.25, -0.2) is 0 Å². The highest BCUT2D eigenvalue weighted by molar-refractivity contribution is 7.09. The third kappa shape index (κ3) is 9.73. The number of carbonyl (C=O) groups excluding carboxylic acids is 1. The number of nitrogens with one attached hydrogen (secondary N) is 1. The third-order valence-electron chi connectivity index (χ3n) is 9.99. The van der Waals surface area contributed by atoms with Gasteiger partial charge >= 0.3 is 0 Å². The van der Waals surface area contributed by atoms with Gasteiger partial charge in [0.1, 0.15) is 0 Å². The molecule has 2 heterocycles. The first-order valence-electron chi connectivity index (χ1n) is 18.1. The van der Waals surface area contributed by atoms with Gasteiger partial charge in [-0.15, -0.1) is 11.3 Å². The van der Waals surface area contributed by atoms with Gasteiger partial charge in [-0.05, 0) is 145 Å². The Labute approximate surface area is 298 Å². The summed E-state index contributed by atoms with van der Waals surface area (Å²) >= 11 is 3.64. The first-order chi connectivity index (χ1) is 23.5. The summed E-state index contributed by atoms with van der Waals surface area (Å²) in [7, 11) is 4.33. The molecule has 7 heteroatoms. The Morgan fingerprint density at radius 2 is 1.75 bits per heavy atom. The summed E-state index contributed by atoms with van der Waals surface area (Å²) in [6.07, 6.45) is 12.5. The average molecular weight is 685 g/mol. The largest absolute Gasteiger partial charge is 0.377 e. The van der Waals surface area contributed by atoms with Crippen LogP contribution in [-0.4, -0.2) is 57.6 Å². The normalized spacial score (nSPS) is 16.8. The first kappa shape index (κ1) is 36.2. The van der Waals surface area contributed by atoms with Crippen LogP contribution in [0.15, 0.2) is 70.7 Å². The number of thiophene rings is 2. The highest BCUT2D eigenvalue weighted by atomic mass is 32.1. The molecule has 1 amide bonds. The number of amides is 1. The van der Waals surface area contributed by atoms with Crippen LogP contribution in [0.4, 0.5) is 11.4 Å². The molecule has 258 valence electrons. The van der Waals surface area contributed by atoms with Gasteiger partial charge in [-0.3, -0.25) is 9.69 Å². The van der Waals surface area contributed by atoms with Gasteiger partial charge in [0, 0.05) is 56.0 Å². The van der Waals surface area contributed by atoms with Gasteiger partial charge in [0.2, 0.25) is 6.41 Å². The number of hydrogen-bond acceptors (Lipinski definition) is 6. The lowest BCUT2D eigenvalue weighted by Gasteiger charge is -2.36. The van der Waals surface area contributed by atoms with Gasteiger partial charge in [0.05, 0.1) is 6.04 Å². The Balaban J connectivity index is 0.000000188.